The molecule has 0 atom stereocenters. The Kier molecular flexibility index (Phi) is 7.05. The number of carbonyl (C=O) groups is 2. The number of sulfonamides is 1. The second kappa shape index (κ2) is 9.51. The molecule has 3 rings (SSSR count). The van der Waals surface area contributed by atoms with Crippen LogP contribution in [0.3, 0.4) is 0 Å². The van der Waals surface area contributed by atoms with Crippen LogP contribution in [0.5, 0.6) is 0 Å². The zero-order chi connectivity index (χ0) is 20.9. The Bertz CT molecular complexity index is 970. The Balaban J connectivity index is 1.48. The molecule has 0 aliphatic carbocycles. The number of hydrogen-bond donors (Lipinski definition) is 2. The molecule has 1 aliphatic rings. The normalized spacial score (nSPS) is 14.5. The van der Waals surface area contributed by atoms with Gasteiger partial charge in [-0.2, -0.15) is 4.31 Å². The van der Waals surface area contributed by atoms with Crippen molar-refractivity contribution in [1.29, 1.82) is 0 Å². The largest absolute Gasteiger partial charge is 0.347 e. The Labute approximate surface area is 178 Å². The van der Waals surface area contributed by atoms with Crippen LogP contribution in [0.2, 0.25) is 0 Å². The number of anilines is 1. The summed E-state index contributed by atoms with van der Waals surface area (Å²) in [6.45, 7) is 1.40. The van der Waals surface area contributed by atoms with Gasteiger partial charge in [-0.1, -0.05) is 28.1 Å². The van der Waals surface area contributed by atoms with E-state index in [1.807, 2.05) is 0 Å². The molecule has 1 aliphatic heterocycles. The first-order valence-corrected chi connectivity index (χ1v) is 11.5. The van der Waals surface area contributed by atoms with Gasteiger partial charge in [-0.25, -0.2) is 8.42 Å². The fourth-order valence-electron chi connectivity index (χ4n) is 3.03. The molecule has 0 bridgehead atoms. The molecule has 2 N–H and O–H groups in total. The van der Waals surface area contributed by atoms with Crippen molar-refractivity contribution >= 4 is 43.5 Å². The van der Waals surface area contributed by atoms with E-state index in [0.29, 0.717) is 25.2 Å². The molecular weight excluding hydrogens is 458 g/mol. The minimum Gasteiger partial charge on any atom is -0.347 e. The second-order valence-corrected chi connectivity index (χ2v) is 9.58. The Morgan fingerprint density at radius 1 is 0.931 bits per heavy atom. The molecular formula is C20H22BrN3O4S. The van der Waals surface area contributed by atoms with Crippen LogP contribution >= 0.6 is 15.9 Å². The lowest BCUT2D eigenvalue weighted by atomic mass is 10.1. The standard InChI is InChI=1S/C20H22BrN3O4S/c21-16-5-7-17(8-6-16)23-20(26)19(25)22-12-11-15-3-9-18(10-4-15)29(27,28)24-13-1-2-14-24/h3-10H,1-2,11-14H2,(H,22,25)(H,23,26). The Hall–Kier alpha value is -2.23. The third-order valence-corrected chi connectivity index (χ3v) is 7.08. The van der Waals surface area contributed by atoms with E-state index in [0.717, 1.165) is 22.9 Å². The number of carbonyl (C=O) groups excluding carboxylic acids is 2. The number of benzene rings is 2. The molecule has 1 saturated heterocycles. The van der Waals surface area contributed by atoms with Gasteiger partial charge in [0.25, 0.3) is 0 Å². The third-order valence-electron chi connectivity index (χ3n) is 4.63. The zero-order valence-corrected chi connectivity index (χ0v) is 18.1. The summed E-state index contributed by atoms with van der Waals surface area (Å²) in [5.41, 5.74) is 1.40. The van der Waals surface area contributed by atoms with E-state index in [4.69, 9.17) is 0 Å². The van der Waals surface area contributed by atoms with Crippen LogP contribution in [0.15, 0.2) is 57.9 Å². The molecule has 9 heteroatoms. The van der Waals surface area contributed by atoms with Crippen molar-refractivity contribution in [3.8, 4) is 0 Å². The summed E-state index contributed by atoms with van der Waals surface area (Å²) >= 11 is 3.30. The lowest BCUT2D eigenvalue weighted by molar-refractivity contribution is -0.136. The second-order valence-electron chi connectivity index (χ2n) is 6.72. The first kappa shape index (κ1) is 21.5. The van der Waals surface area contributed by atoms with E-state index in [-0.39, 0.29) is 11.4 Å². The van der Waals surface area contributed by atoms with Gasteiger partial charge in [-0.05, 0) is 61.2 Å². The van der Waals surface area contributed by atoms with Crippen molar-refractivity contribution in [2.75, 3.05) is 25.0 Å². The summed E-state index contributed by atoms with van der Waals surface area (Å²) in [6.07, 6.45) is 2.28. The number of amides is 2. The third kappa shape index (κ3) is 5.65. The summed E-state index contributed by atoms with van der Waals surface area (Å²) in [4.78, 5) is 24.1. The average Bonchev–Trinajstić information content (AvgIpc) is 3.26. The van der Waals surface area contributed by atoms with Crippen LogP contribution in [0, 0.1) is 0 Å². The van der Waals surface area contributed by atoms with Gasteiger partial charge < -0.3 is 10.6 Å². The van der Waals surface area contributed by atoms with Crippen LogP contribution in [-0.4, -0.2) is 44.2 Å². The highest BCUT2D eigenvalue weighted by molar-refractivity contribution is 9.10. The molecule has 7 nitrogen and oxygen atoms in total. The predicted molar refractivity (Wildman–Crippen MR) is 114 cm³/mol. The number of nitrogens with one attached hydrogen (secondary N) is 2. The van der Waals surface area contributed by atoms with Gasteiger partial charge in [-0.3, -0.25) is 9.59 Å². The molecule has 0 spiro atoms. The highest BCUT2D eigenvalue weighted by atomic mass is 79.9. The van der Waals surface area contributed by atoms with Crippen molar-refractivity contribution in [1.82, 2.24) is 9.62 Å². The van der Waals surface area contributed by atoms with E-state index >= 15 is 0 Å². The monoisotopic (exact) mass is 479 g/mol. The van der Waals surface area contributed by atoms with Gasteiger partial charge in [0, 0.05) is 29.8 Å². The summed E-state index contributed by atoms with van der Waals surface area (Å²) in [6, 6.07) is 13.5. The molecule has 1 heterocycles. The number of nitrogens with zero attached hydrogens (tertiary/aromatic N) is 1. The minimum absolute atomic E-state index is 0.269. The first-order valence-electron chi connectivity index (χ1n) is 9.30. The van der Waals surface area contributed by atoms with Crippen molar-refractivity contribution in [2.24, 2.45) is 0 Å². The Morgan fingerprint density at radius 3 is 2.17 bits per heavy atom. The fourth-order valence-corrected chi connectivity index (χ4v) is 4.81. The summed E-state index contributed by atoms with van der Waals surface area (Å²) in [5, 5.41) is 5.09. The number of halogens is 1. The zero-order valence-electron chi connectivity index (χ0n) is 15.7. The highest BCUT2D eigenvalue weighted by Crippen LogP contribution is 2.21. The molecule has 0 radical (unpaired) electrons. The summed E-state index contributed by atoms with van der Waals surface area (Å²) in [5.74, 6) is -1.46. The topological polar surface area (TPSA) is 95.6 Å². The smallest absolute Gasteiger partial charge is 0.313 e. The maximum Gasteiger partial charge on any atom is 0.313 e. The predicted octanol–water partition coefficient (Wildman–Crippen LogP) is 2.53. The lowest BCUT2D eigenvalue weighted by Gasteiger charge is -2.15. The van der Waals surface area contributed by atoms with Crippen molar-refractivity contribution < 1.29 is 18.0 Å². The number of rotatable bonds is 6. The maximum absolute atomic E-state index is 12.5. The molecule has 2 amide bonds. The molecule has 0 aromatic heterocycles. The van der Waals surface area contributed by atoms with Gasteiger partial charge >= 0.3 is 11.8 Å². The van der Waals surface area contributed by atoms with Crippen LogP contribution < -0.4 is 10.6 Å². The minimum atomic E-state index is -3.43. The molecule has 2 aromatic carbocycles. The van der Waals surface area contributed by atoms with E-state index in [9.17, 15) is 18.0 Å². The molecule has 2 aromatic rings. The summed E-state index contributed by atoms with van der Waals surface area (Å²) < 4.78 is 27.4. The summed E-state index contributed by atoms with van der Waals surface area (Å²) in [7, 11) is -3.43. The molecule has 0 unspecified atom stereocenters. The molecule has 154 valence electrons. The van der Waals surface area contributed by atoms with Gasteiger partial charge in [-0.15, -0.1) is 0 Å². The molecule has 29 heavy (non-hydrogen) atoms. The van der Waals surface area contributed by atoms with Crippen LogP contribution in [0.1, 0.15) is 18.4 Å². The fraction of sp³-hybridized carbons (Fsp3) is 0.300. The van der Waals surface area contributed by atoms with Gasteiger partial charge in [0.05, 0.1) is 4.90 Å². The lowest BCUT2D eigenvalue weighted by Crippen LogP contribution is -2.36. The van der Waals surface area contributed by atoms with Crippen LogP contribution in [0.25, 0.3) is 0 Å². The van der Waals surface area contributed by atoms with Crippen molar-refractivity contribution in [3.63, 3.8) is 0 Å². The molecule has 0 saturated carbocycles. The van der Waals surface area contributed by atoms with Crippen molar-refractivity contribution in [2.45, 2.75) is 24.2 Å². The van der Waals surface area contributed by atoms with E-state index < -0.39 is 21.8 Å². The quantitative estimate of drug-likeness (QED) is 0.622. The van der Waals surface area contributed by atoms with Gasteiger partial charge in [0.2, 0.25) is 10.0 Å². The first-order chi connectivity index (χ1) is 13.9. The number of hydrogen-bond acceptors (Lipinski definition) is 4. The average molecular weight is 480 g/mol. The van der Waals surface area contributed by atoms with Crippen molar-refractivity contribution in [3.05, 3.63) is 58.6 Å². The van der Waals surface area contributed by atoms with Crippen LogP contribution in [0.4, 0.5) is 5.69 Å². The SMILES string of the molecule is O=C(NCCc1ccc(S(=O)(=O)N2CCCC2)cc1)C(=O)Nc1ccc(Br)cc1. The van der Waals surface area contributed by atoms with E-state index in [2.05, 4.69) is 26.6 Å². The van der Waals surface area contributed by atoms with Gasteiger partial charge in [0.1, 0.15) is 0 Å². The van der Waals surface area contributed by atoms with Gasteiger partial charge in [0.15, 0.2) is 0 Å². The maximum atomic E-state index is 12.5. The van der Waals surface area contributed by atoms with E-state index in [1.54, 1.807) is 48.5 Å². The highest BCUT2D eigenvalue weighted by Gasteiger charge is 2.26. The van der Waals surface area contributed by atoms with Crippen LogP contribution in [-0.2, 0) is 26.0 Å². The van der Waals surface area contributed by atoms with E-state index in [1.165, 1.54) is 4.31 Å². The Morgan fingerprint density at radius 2 is 1.55 bits per heavy atom. The molecule has 1 fully saturated rings.